The van der Waals surface area contributed by atoms with Gasteiger partial charge in [0, 0.05) is 12.5 Å². The van der Waals surface area contributed by atoms with Crippen molar-refractivity contribution in [3.8, 4) is 17.2 Å². The zero-order valence-corrected chi connectivity index (χ0v) is 15.7. The van der Waals surface area contributed by atoms with E-state index in [4.69, 9.17) is 0 Å². The van der Waals surface area contributed by atoms with Crippen LogP contribution < -0.4 is 5.32 Å². The number of nitrogens with one attached hydrogen (secondary N) is 1. The molecular formula is C22H25N3O2. The molecule has 0 aliphatic carbocycles. The van der Waals surface area contributed by atoms with Crippen LogP contribution in [-0.2, 0) is 0 Å². The van der Waals surface area contributed by atoms with E-state index in [0.717, 1.165) is 28.7 Å². The maximum atomic E-state index is 12.5. The molecule has 1 fully saturated rings. The summed E-state index contributed by atoms with van der Waals surface area (Å²) in [6.07, 6.45) is 0.820. The predicted molar refractivity (Wildman–Crippen MR) is 105 cm³/mol. The lowest BCUT2D eigenvalue weighted by molar-refractivity contribution is 0.0171. The molecule has 1 aliphatic rings. The molecule has 1 aliphatic heterocycles. The molecule has 0 radical (unpaired) electrons. The molecule has 5 nitrogen and oxygen atoms in total. The van der Waals surface area contributed by atoms with Gasteiger partial charge in [0.05, 0.1) is 18.7 Å². The van der Waals surface area contributed by atoms with Gasteiger partial charge in [0.1, 0.15) is 6.04 Å². The Hall–Kier alpha value is -2.84. The third kappa shape index (κ3) is 3.54. The molecule has 3 atom stereocenters. The fourth-order valence-electron chi connectivity index (χ4n) is 3.85. The average Bonchev–Trinajstić information content (AvgIpc) is 2.66. The molecule has 0 spiro atoms. The molecule has 2 aromatic rings. The average molecular weight is 363 g/mol. The standard InChI is InChI=1S/C22H25N3O2/c1-3-11-24-22(27)25-19(13-23)21(20(25)14-26)18-10-5-4-9-17(18)16-8-6-7-15(2)12-16/h4-10,12,19-21,26H,3,11,14H2,1-2H3,(H,24,27)/t19-,20+,21+/m1/s1. The summed E-state index contributed by atoms with van der Waals surface area (Å²) >= 11 is 0. The van der Waals surface area contributed by atoms with Crippen molar-refractivity contribution in [3.63, 3.8) is 0 Å². The van der Waals surface area contributed by atoms with Crippen molar-refractivity contribution in [3.05, 3.63) is 59.7 Å². The van der Waals surface area contributed by atoms with Crippen LogP contribution in [0.2, 0.25) is 0 Å². The van der Waals surface area contributed by atoms with Crippen LogP contribution in [0.25, 0.3) is 11.1 Å². The summed E-state index contributed by atoms with van der Waals surface area (Å²) in [4.78, 5) is 13.9. The van der Waals surface area contributed by atoms with Crippen LogP contribution in [0.5, 0.6) is 0 Å². The van der Waals surface area contributed by atoms with Gasteiger partial charge in [-0.1, -0.05) is 61.0 Å². The van der Waals surface area contributed by atoms with Crippen molar-refractivity contribution in [2.45, 2.75) is 38.3 Å². The monoisotopic (exact) mass is 363 g/mol. The second-order valence-electron chi connectivity index (χ2n) is 6.95. The molecule has 0 saturated carbocycles. The number of amides is 2. The first-order valence-corrected chi connectivity index (χ1v) is 9.35. The van der Waals surface area contributed by atoms with E-state index < -0.39 is 12.1 Å². The predicted octanol–water partition coefficient (Wildman–Crippen LogP) is 3.43. The van der Waals surface area contributed by atoms with E-state index in [1.807, 2.05) is 56.3 Å². The molecule has 1 saturated heterocycles. The smallest absolute Gasteiger partial charge is 0.318 e. The van der Waals surface area contributed by atoms with E-state index in [-0.39, 0.29) is 18.6 Å². The first kappa shape index (κ1) is 18.9. The quantitative estimate of drug-likeness (QED) is 0.854. The molecular weight excluding hydrogens is 338 g/mol. The number of urea groups is 1. The Morgan fingerprint density at radius 2 is 2.04 bits per heavy atom. The first-order chi connectivity index (χ1) is 13.1. The number of rotatable bonds is 5. The lowest BCUT2D eigenvalue weighted by Crippen LogP contribution is -2.67. The summed E-state index contributed by atoms with van der Waals surface area (Å²) in [6.45, 7) is 4.40. The number of hydrogen-bond donors (Lipinski definition) is 2. The highest BCUT2D eigenvalue weighted by molar-refractivity contribution is 5.78. The number of carbonyl (C=O) groups is 1. The molecule has 0 aromatic heterocycles. The molecule has 140 valence electrons. The molecule has 2 amide bonds. The number of aryl methyl sites for hydroxylation is 1. The maximum absolute atomic E-state index is 12.5. The number of likely N-dealkylation sites (tertiary alicyclic amines) is 1. The second kappa shape index (κ2) is 8.24. The van der Waals surface area contributed by atoms with Gasteiger partial charge < -0.3 is 15.3 Å². The first-order valence-electron chi connectivity index (χ1n) is 9.35. The lowest BCUT2D eigenvalue weighted by atomic mass is 9.73. The zero-order chi connectivity index (χ0) is 19.4. The Labute approximate surface area is 160 Å². The number of aliphatic hydroxyl groups excluding tert-OH is 1. The van der Waals surface area contributed by atoms with Gasteiger partial charge in [0.2, 0.25) is 0 Å². The zero-order valence-electron chi connectivity index (χ0n) is 15.7. The largest absolute Gasteiger partial charge is 0.394 e. The van der Waals surface area contributed by atoms with Crippen molar-refractivity contribution in [1.29, 1.82) is 5.26 Å². The van der Waals surface area contributed by atoms with E-state index in [0.29, 0.717) is 6.54 Å². The number of aliphatic hydroxyl groups is 1. The SMILES string of the molecule is CCCNC(=O)N1[C@H](C#N)[C@H](c2ccccc2-c2cccc(C)c2)[C@@H]1CO. The van der Waals surface area contributed by atoms with E-state index in [1.54, 1.807) is 0 Å². The van der Waals surface area contributed by atoms with Crippen LogP contribution in [-0.4, -0.2) is 41.3 Å². The summed E-state index contributed by atoms with van der Waals surface area (Å²) in [5.41, 5.74) is 4.27. The lowest BCUT2D eigenvalue weighted by Gasteiger charge is -2.51. The van der Waals surface area contributed by atoms with Crippen LogP contribution in [0.15, 0.2) is 48.5 Å². The van der Waals surface area contributed by atoms with E-state index >= 15 is 0 Å². The van der Waals surface area contributed by atoms with Crippen molar-refractivity contribution in [1.82, 2.24) is 10.2 Å². The number of carbonyl (C=O) groups excluding carboxylic acids is 1. The number of nitriles is 1. The highest BCUT2D eigenvalue weighted by atomic mass is 16.3. The van der Waals surface area contributed by atoms with E-state index in [2.05, 4.69) is 17.5 Å². The summed E-state index contributed by atoms with van der Waals surface area (Å²) in [5, 5.41) is 22.5. The summed E-state index contributed by atoms with van der Waals surface area (Å²) < 4.78 is 0. The molecule has 2 aromatic carbocycles. The van der Waals surface area contributed by atoms with E-state index in [9.17, 15) is 15.2 Å². The third-order valence-electron chi connectivity index (χ3n) is 5.14. The highest BCUT2D eigenvalue weighted by Gasteiger charge is 2.52. The van der Waals surface area contributed by atoms with Crippen LogP contribution in [0.3, 0.4) is 0 Å². The molecule has 0 unspecified atom stereocenters. The normalized spacial score (nSPS) is 21.3. The second-order valence-corrected chi connectivity index (χ2v) is 6.95. The minimum Gasteiger partial charge on any atom is -0.394 e. The number of nitrogens with zero attached hydrogens (tertiary/aromatic N) is 2. The Kier molecular flexibility index (Phi) is 5.78. The highest BCUT2D eigenvalue weighted by Crippen LogP contribution is 2.44. The van der Waals surface area contributed by atoms with Gasteiger partial charge in [-0.2, -0.15) is 5.26 Å². The Bertz CT molecular complexity index is 859. The third-order valence-corrected chi connectivity index (χ3v) is 5.14. The summed E-state index contributed by atoms with van der Waals surface area (Å²) in [5.74, 6) is -0.218. The van der Waals surface area contributed by atoms with Gasteiger partial charge in [-0.05, 0) is 30.0 Å². The maximum Gasteiger partial charge on any atom is 0.318 e. The fraction of sp³-hybridized carbons (Fsp3) is 0.364. The molecule has 0 bridgehead atoms. The Morgan fingerprint density at radius 3 is 2.70 bits per heavy atom. The molecule has 2 N–H and O–H groups in total. The molecule has 1 heterocycles. The number of hydrogen-bond acceptors (Lipinski definition) is 3. The molecule has 5 heteroatoms. The van der Waals surface area contributed by atoms with Crippen LogP contribution in [0, 0.1) is 18.3 Å². The molecule has 27 heavy (non-hydrogen) atoms. The van der Waals surface area contributed by atoms with Gasteiger partial charge in [-0.25, -0.2) is 4.79 Å². The van der Waals surface area contributed by atoms with Gasteiger partial charge in [0.25, 0.3) is 0 Å². The van der Waals surface area contributed by atoms with Crippen LogP contribution in [0.1, 0.15) is 30.4 Å². The van der Waals surface area contributed by atoms with Gasteiger partial charge in [0.15, 0.2) is 0 Å². The Morgan fingerprint density at radius 1 is 1.26 bits per heavy atom. The van der Waals surface area contributed by atoms with Crippen molar-refractivity contribution >= 4 is 6.03 Å². The number of benzene rings is 2. The van der Waals surface area contributed by atoms with Crippen LogP contribution in [0.4, 0.5) is 4.79 Å². The minimum atomic E-state index is -0.593. The van der Waals surface area contributed by atoms with E-state index in [1.165, 1.54) is 4.90 Å². The van der Waals surface area contributed by atoms with Crippen molar-refractivity contribution in [2.24, 2.45) is 0 Å². The van der Waals surface area contributed by atoms with Gasteiger partial charge in [-0.3, -0.25) is 0 Å². The fourth-order valence-corrected chi connectivity index (χ4v) is 3.85. The Balaban J connectivity index is 1.97. The van der Waals surface area contributed by atoms with Crippen LogP contribution >= 0.6 is 0 Å². The summed E-state index contributed by atoms with van der Waals surface area (Å²) in [6, 6.07) is 17.1. The molecule has 3 rings (SSSR count). The summed E-state index contributed by atoms with van der Waals surface area (Å²) in [7, 11) is 0. The van der Waals surface area contributed by atoms with Crippen molar-refractivity contribution in [2.75, 3.05) is 13.2 Å². The van der Waals surface area contributed by atoms with Gasteiger partial charge in [-0.15, -0.1) is 0 Å². The van der Waals surface area contributed by atoms with Crippen molar-refractivity contribution < 1.29 is 9.90 Å². The topological polar surface area (TPSA) is 76.4 Å². The van der Waals surface area contributed by atoms with Gasteiger partial charge >= 0.3 is 6.03 Å². The minimum absolute atomic E-state index is 0.176.